The average Bonchev–Trinajstić information content (AvgIpc) is 3.23. The lowest BCUT2D eigenvalue weighted by Crippen LogP contribution is -2.25. The molecule has 0 unspecified atom stereocenters. The standard InChI is InChI=1S/C24H25N7O2S/c1-16(19-10-9-18-5-3-4-6-20(18)13-19)27-28-23-29-30-24(31(23)25)34-15-22(32)26-14-17-7-11-21(33-2)12-8-17/h3-13H,14-15,25H2,1-2H3,(H,26,32)(H,28,29)/b27-16+. The maximum absolute atomic E-state index is 12.2. The summed E-state index contributed by atoms with van der Waals surface area (Å²) in [4.78, 5) is 12.2. The molecular formula is C24H25N7O2S. The number of fused-ring (bicyclic) bond motifs is 1. The largest absolute Gasteiger partial charge is 0.497 e. The zero-order valence-corrected chi connectivity index (χ0v) is 19.7. The Morgan fingerprint density at radius 2 is 1.85 bits per heavy atom. The minimum Gasteiger partial charge on any atom is -0.497 e. The van der Waals surface area contributed by atoms with Crippen LogP contribution in [0.25, 0.3) is 10.8 Å². The summed E-state index contributed by atoms with van der Waals surface area (Å²) in [5.41, 5.74) is 5.59. The second-order valence-corrected chi connectivity index (χ2v) is 8.40. The Bertz CT molecular complexity index is 1320. The number of amides is 1. The van der Waals surface area contributed by atoms with E-state index in [-0.39, 0.29) is 17.6 Å². The first kappa shape index (κ1) is 23.1. The number of nitrogens with one attached hydrogen (secondary N) is 2. The van der Waals surface area contributed by atoms with E-state index in [0.29, 0.717) is 11.7 Å². The molecular weight excluding hydrogens is 450 g/mol. The van der Waals surface area contributed by atoms with Crippen molar-refractivity contribution in [3.63, 3.8) is 0 Å². The number of hydrogen-bond donors (Lipinski definition) is 3. The van der Waals surface area contributed by atoms with Gasteiger partial charge in [-0.2, -0.15) is 5.10 Å². The number of nitrogens with two attached hydrogens (primary N) is 1. The molecule has 4 rings (SSSR count). The van der Waals surface area contributed by atoms with Crippen LogP contribution in [0.5, 0.6) is 5.75 Å². The van der Waals surface area contributed by atoms with Gasteiger partial charge in [0.2, 0.25) is 11.1 Å². The van der Waals surface area contributed by atoms with Gasteiger partial charge in [-0.3, -0.25) is 4.79 Å². The SMILES string of the molecule is COc1ccc(CNC(=O)CSc2nnc(N/N=C(\C)c3ccc4ccccc4c3)n2N)cc1. The van der Waals surface area contributed by atoms with Gasteiger partial charge in [0, 0.05) is 6.54 Å². The van der Waals surface area contributed by atoms with Gasteiger partial charge in [-0.15, -0.1) is 10.2 Å². The van der Waals surface area contributed by atoms with E-state index in [2.05, 4.69) is 50.3 Å². The third kappa shape index (κ3) is 5.65. The normalized spacial score (nSPS) is 11.4. The lowest BCUT2D eigenvalue weighted by atomic mass is 10.0. The van der Waals surface area contributed by atoms with Crippen LogP contribution in [-0.4, -0.2) is 39.4 Å². The number of hydrazone groups is 1. The molecule has 0 aliphatic carbocycles. The van der Waals surface area contributed by atoms with Crippen molar-refractivity contribution in [1.29, 1.82) is 0 Å². The van der Waals surface area contributed by atoms with Gasteiger partial charge in [0.05, 0.1) is 18.6 Å². The van der Waals surface area contributed by atoms with Gasteiger partial charge in [-0.25, -0.2) is 10.1 Å². The number of thioether (sulfide) groups is 1. The van der Waals surface area contributed by atoms with Crippen molar-refractivity contribution in [2.75, 3.05) is 24.1 Å². The molecule has 0 aliphatic rings. The molecule has 10 heteroatoms. The van der Waals surface area contributed by atoms with E-state index in [1.165, 1.54) is 21.8 Å². The van der Waals surface area contributed by atoms with E-state index in [1.54, 1.807) is 7.11 Å². The lowest BCUT2D eigenvalue weighted by molar-refractivity contribution is -0.118. The maximum atomic E-state index is 12.2. The fraction of sp³-hybridized carbons (Fsp3) is 0.167. The minimum atomic E-state index is -0.136. The Hall–Kier alpha value is -4.05. The van der Waals surface area contributed by atoms with Crippen LogP contribution < -0.4 is 21.3 Å². The zero-order valence-electron chi connectivity index (χ0n) is 18.9. The number of nitrogen functional groups attached to an aromatic ring is 1. The first-order valence-corrected chi connectivity index (χ1v) is 11.5. The molecule has 4 N–H and O–H groups in total. The third-order valence-electron chi connectivity index (χ3n) is 5.14. The fourth-order valence-corrected chi connectivity index (χ4v) is 3.88. The summed E-state index contributed by atoms with van der Waals surface area (Å²) in [5.74, 6) is 7.15. The molecule has 9 nitrogen and oxygen atoms in total. The summed E-state index contributed by atoms with van der Waals surface area (Å²) >= 11 is 1.19. The molecule has 0 bridgehead atoms. The summed E-state index contributed by atoms with van der Waals surface area (Å²) in [5, 5.41) is 18.0. The Balaban J connectivity index is 1.30. The van der Waals surface area contributed by atoms with Gasteiger partial charge in [-0.1, -0.05) is 60.3 Å². The van der Waals surface area contributed by atoms with Crippen LogP contribution in [0, 0.1) is 0 Å². The van der Waals surface area contributed by atoms with Crippen molar-refractivity contribution < 1.29 is 9.53 Å². The van der Waals surface area contributed by atoms with Crippen molar-refractivity contribution in [3.8, 4) is 5.75 Å². The number of carbonyl (C=O) groups excluding carboxylic acids is 1. The number of anilines is 1. The van der Waals surface area contributed by atoms with Crippen LogP contribution in [-0.2, 0) is 11.3 Å². The summed E-state index contributed by atoms with van der Waals surface area (Å²) < 4.78 is 6.41. The van der Waals surface area contributed by atoms with Crippen molar-refractivity contribution in [3.05, 3.63) is 77.9 Å². The average molecular weight is 476 g/mol. The molecule has 0 saturated heterocycles. The fourth-order valence-electron chi connectivity index (χ4n) is 3.19. The Kier molecular flexibility index (Phi) is 7.28. The van der Waals surface area contributed by atoms with Crippen LogP contribution in [0.2, 0.25) is 0 Å². The molecule has 0 spiro atoms. The lowest BCUT2D eigenvalue weighted by Gasteiger charge is -2.07. The summed E-state index contributed by atoms with van der Waals surface area (Å²) in [6.07, 6.45) is 0. The first-order chi connectivity index (χ1) is 16.5. The van der Waals surface area contributed by atoms with E-state index in [1.807, 2.05) is 49.4 Å². The van der Waals surface area contributed by atoms with Crippen molar-refractivity contribution in [2.45, 2.75) is 18.6 Å². The number of carbonyl (C=O) groups is 1. The molecule has 1 heterocycles. The van der Waals surface area contributed by atoms with E-state index in [0.717, 1.165) is 28.0 Å². The quantitative estimate of drug-likeness (QED) is 0.147. The molecule has 4 aromatic rings. The van der Waals surface area contributed by atoms with Gasteiger partial charge in [0.25, 0.3) is 5.95 Å². The molecule has 0 aliphatic heterocycles. The number of rotatable bonds is 9. The smallest absolute Gasteiger partial charge is 0.264 e. The molecule has 1 aromatic heterocycles. The summed E-state index contributed by atoms with van der Waals surface area (Å²) in [6, 6.07) is 21.8. The predicted octanol–water partition coefficient (Wildman–Crippen LogP) is 3.40. The van der Waals surface area contributed by atoms with E-state index >= 15 is 0 Å². The topological polar surface area (TPSA) is 119 Å². The Morgan fingerprint density at radius 1 is 1.09 bits per heavy atom. The summed E-state index contributed by atoms with van der Waals surface area (Å²) in [6.45, 7) is 2.32. The molecule has 34 heavy (non-hydrogen) atoms. The predicted molar refractivity (Wildman–Crippen MR) is 136 cm³/mol. The highest BCUT2D eigenvalue weighted by molar-refractivity contribution is 7.99. The van der Waals surface area contributed by atoms with Crippen molar-refractivity contribution in [1.82, 2.24) is 20.2 Å². The van der Waals surface area contributed by atoms with E-state index < -0.39 is 0 Å². The van der Waals surface area contributed by atoms with Gasteiger partial charge >= 0.3 is 0 Å². The van der Waals surface area contributed by atoms with E-state index in [9.17, 15) is 4.79 Å². The Labute approximate surface area is 201 Å². The van der Waals surface area contributed by atoms with Crippen LogP contribution in [0.4, 0.5) is 5.95 Å². The molecule has 0 radical (unpaired) electrons. The van der Waals surface area contributed by atoms with E-state index in [4.69, 9.17) is 10.6 Å². The van der Waals surface area contributed by atoms with Crippen LogP contribution in [0.1, 0.15) is 18.1 Å². The number of methoxy groups -OCH3 is 1. The van der Waals surface area contributed by atoms with Crippen LogP contribution in [0.3, 0.4) is 0 Å². The molecule has 0 atom stereocenters. The van der Waals surface area contributed by atoms with Crippen molar-refractivity contribution in [2.24, 2.45) is 5.10 Å². The molecule has 3 aromatic carbocycles. The summed E-state index contributed by atoms with van der Waals surface area (Å²) in [7, 11) is 1.61. The molecule has 174 valence electrons. The van der Waals surface area contributed by atoms with Gasteiger partial charge < -0.3 is 15.9 Å². The number of hydrogen-bond acceptors (Lipinski definition) is 8. The van der Waals surface area contributed by atoms with Gasteiger partial charge in [0.15, 0.2) is 0 Å². The molecule has 0 saturated carbocycles. The van der Waals surface area contributed by atoms with Crippen LogP contribution >= 0.6 is 11.8 Å². The highest BCUT2D eigenvalue weighted by atomic mass is 32.2. The van der Waals surface area contributed by atoms with Crippen LogP contribution in [0.15, 0.2) is 77.0 Å². The van der Waals surface area contributed by atoms with Crippen molar-refractivity contribution >= 4 is 40.1 Å². The minimum absolute atomic E-state index is 0.136. The molecule has 1 amide bonds. The zero-order chi connectivity index (χ0) is 23.9. The Morgan fingerprint density at radius 3 is 2.62 bits per heavy atom. The first-order valence-electron chi connectivity index (χ1n) is 10.6. The third-order valence-corrected chi connectivity index (χ3v) is 6.08. The maximum Gasteiger partial charge on any atom is 0.264 e. The number of benzene rings is 3. The molecule has 0 fully saturated rings. The van der Waals surface area contributed by atoms with Gasteiger partial charge in [0.1, 0.15) is 5.75 Å². The highest BCUT2D eigenvalue weighted by Gasteiger charge is 2.12. The number of nitrogens with zero attached hydrogens (tertiary/aromatic N) is 4. The number of ether oxygens (including phenoxy) is 1. The monoisotopic (exact) mass is 475 g/mol. The highest BCUT2D eigenvalue weighted by Crippen LogP contribution is 2.18. The second kappa shape index (κ2) is 10.7. The number of aromatic nitrogens is 3. The van der Waals surface area contributed by atoms with Gasteiger partial charge in [-0.05, 0) is 47.0 Å². The second-order valence-electron chi connectivity index (χ2n) is 7.46.